The second-order valence-corrected chi connectivity index (χ2v) is 13.3. The molecule has 4 aliphatic rings. The molecule has 2 aromatic rings. The van der Waals surface area contributed by atoms with E-state index < -0.39 is 11.2 Å². The fourth-order valence-electron chi connectivity index (χ4n) is 7.22. The Bertz CT molecular complexity index is 1360. The Hall–Kier alpha value is -3.13. The summed E-state index contributed by atoms with van der Waals surface area (Å²) < 4.78 is 19.4. The smallest absolute Gasteiger partial charge is 0.318 e. The van der Waals surface area contributed by atoms with Crippen molar-refractivity contribution in [1.29, 1.82) is 5.26 Å². The molecule has 3 aliphatic heterocycles. The van der Waals surface area contributed by atoms with Gasteiger partial charge in [-0.1, -0.05) is 30.8 Å². The summed E-state index contributed by atoms with van der Waals surface area (Å²) in [5, 5.41) is 9.51. The van der Waals surface area contributed by atoms with Gasteiger partial charge in [0.1, 0.15) is 23.9 Å². The third kappa shape index (κ3) is 5.43. The molecular weight excluding hydrogens is 536 g/mol. The molecule has 4 atom stereocenters. The Morgan fingerprint density at radius 3 is 2.93 bits per heavy atom. The van der Waals surface area contributed by atoms with Gasteiger partial charge >= 0.3 is 6.01 Å². The first-order chi connectivity index (χ1) is 19.9. The Morgan fingerprint density at radius 2 is 2.15 bits per heavy atom. The number of fused-ring (bicyclic) bond motifs is 3. The number of benzene rings is 1. The molecule has 1 spiro atoms. The molecule has 9 nitrogen and oxygen atoms in total. The van der Waals surface area contributed by atoms with Gasteiger partial charge in [-0.2, -0.15) is 15.2 Å². The van der Waals surface area contributed by atoms with Crippen LogP contribution < -0.4 is 9.64 Å². The van der Waals surface area contributed by atoms with Gasteiger partial charge in [-0.15, -0.1) is 0 Å². The van der Waals surface area contributed by atoms with Crippen LogP contribution in [-0.2, 0) is 40.0 Å². The Balaban J connectivity index is 1.35. The monoisotopic (exact) mass is 574 g/mol. The standard InChI is InChI=1S/C31H38N6O3S/c1-3-28(38)37-16-15-36(18-23(37)11-13-32)29-25-10-12-31(21-41(39)20-22-7-4-5-9-26(22)31)17-27(25)33-30(34-29)40-19-24-8-6-14-35(24)2/h3-5,7,9,23-24H,1,6,8,10-12,14-21H2,2H3/t23-,24-,31?,41?/m0/s1. The minimum atomic E-state index is -0.923. The van der Waals surface area contributed by atoms with Gasteiger partial charge < -0.3 is 24.0 Å². The van der Waals surface area contributed by atoms with E-state index in [1.807, 2.05) is 6.07 Å². The second kappa shape index (κ2) is 11.6. The average Bonchev–Trinajstić information content (AvgIpc) is 3.39. The minimum Gasteiger partial charge on any atom is -0.616 e. The number of nitrogens with zero attached hydrogens (tertiary/aromatic N) is 6. The molecule has 1 aliphatic carbocycles. The highest BCUT2D eigenvalue weighted by Gasteiger charge is 2.46. The lowest BCUT2D eigenvalue weighted by Crippen LogP contribution is -2.55. The maximum Gasteiger partial charge on any atom is 0.318 e. The first-order valence-corrected chi connectivity index (χ1v) is 16.1. The van der Waals surface area contributed by atoms with Crippen molar-refractivity contribution >= 4 is 22.9 Å². The van der Waals surface area contributed by atoms with E-state index in [9.17, 15) is 14.6 Å². The highest BCUT2D eigenvalue weighted by atomic mass is 32.2. The Kier molecular flexibility index (Phi) is 7.94. The van der Waals surface area contributed by atoms with Crippen molar-refractivity contribution in [2.24, 2.45) is 0 Å². The molecular formula is C31H38N6O3S. The van der Waals surface area contributed by atoms with Crippen LogP contribution in [0.3, 0.4) is 0 Å². The van der Waals surface area contributed by atoms with Gasteiger partial charge in [0, 0.05) is 48.6 Å². The van der Waals surface area contributed by atoms with Gasteiger partial charge in [0.25, 0.3) is 0 Å². The van der Waals surface area contributed by atoms with Crippen LogP contribution in [0.5, 0.6) is 6.01 Å². The van der Waals surface area contributed by atoms with Crippen molar-refractivity contribution in [3.05, 3.63) is 59.3 Å². The van der Waals surface area contributed by atoms with Crippen LogP contribution in [0, 0.1) is 11.3 Å². The number of hydrogen-bond acceptors (Lipinski definition) is 8. The highest BCUT2D eigenvalue weighted by molar-refractivity contribution is 7.90. The van der Waals surface area contributed by atoms with Gasteiger partial charge in [-0.3, -0.25) is 4.79 Å². The molecule has 2 fully saturated rings. The molecule has 216 valence electrons. The van der Waals surface area contributed by atoms with E-state index in [4.69, 9.17) is 14.7 Å². The predicted molar refractivity (Wildman–Crippen MR) is 158 cm³/mol. The largest absolute Gasteiger partial charge is 0.616 e. The average molecular weight is 575 g/mol. The number of amides is 1. The maximum absolute atomic E-state index is 13.1. The van der Waals surface area contributed by atoms with Crippen LogP contribution in [-0.4, -0.2) is 87.9 Å². The number of piperazine rings is 1. The molecule has 2 unspecified atom stereocenters. The fourth-order valence-corrected chi connectivity index (χ4v) is 8.94. The molecule has 0 saturated carbocycles. The van der Waals surface area contributed by atoms with Gasteiger partial charge in [-0.25, -0.2) is 0 Å². The minimum absolute atomic E-state index is 0.148. The molecule has 1 aromatic carbocycles. The van der Waals surface area contributed by atoms with Crippen molar-refractivity contribution in [2.75, 3.05) is 50.5 Å². The molecule has 41 heavy (non-hydrogen) atoms. The van der Waals surface area contributed by atoms with Crippen LogP contribution in [0.4, 0.5) is 5.82 Å². The molecule has 6 rings (SSSR count). The summed E-state index contributed by atoms with van der Waals surface area (Å²) in [6.07, 6.45) is 6.16. The maximum atomic E-state index is 13.1. The Labute approximate surface area is 245 Å². The number of nitriles is 1. The van der Waals surface area contributed by atoms with E-state index in [0.29, 0.717) is 56.2 Å². The Morgan fingerprint density at radius 1 is 1.29 bits per heavy atom. The SMILES string of the molecule is C=CC(=O)N1CCN(c2nc(OC[C@@H]3CCCN3C)nc3c2CCC2(C3)C[S+]([O-])Cc3ccccc32)C[C@@H]1CC#N. The molecule has 0 N–H and O–H groups in total. The first-order valence-electron chi connectivity index (χ1n) is 14.6. The molecule has 4 heterocycles. The molecule has 2 saturated heterocycles. The van der Waals surface area contributed by atoms with Gasteiger partial charge in [0.05, 0.1) is 24.2 Å². The molecule has 1 aromatic heterocycles. The number of anilines is 1. The second-order valence-electron chi connectivity index (χ2n) is 11.9. The third-order valence-electron chi connectivity index (χ3n) is 9.40. The van der Waals surface area contributed by atoms with Gasteiger partial charge in [0.15, 0.2) is 0 Å². The highest BCUT2D eigenvalue weighted by Crippen LogP contribution is 2.46. The third-order valence-corrected chi connectivity index (χ3v) is 10.9. The fraction of sp³-hybridized carbons (Fsp3) is 0.548. The van der Waals surface area contributed by atoms with E-state index in [2.05, 4.69) is 47.7 Å². The van der Waals surface area contributed by atoms with E-state index in [-0.39, 0.29) is 23.8 Å². The van der Waals surface area contributed by atoms with Crippen LogP contribution in [0.2, 0.25) is 0 Å². The zero-order chi connectivity index (χ0) is 28.6. The lowest BCUT2D eigenvalue weighted by Gasteiger charge is -2.44. The van der Waals surface area contributed by atoms with E-state index in [1.54, 1.807) is 4.90 Å². The summed E-state index contributed by atoms with van der Waals surface area (Å²) in [5.41, 5.74) is 4.32. The molecule has 1 amide bonds. The van der Waals surface area contributed by atoms with Crippen molar-refractivity contribution in [3.63, 3.8) is 0 Å². The number of aromatic nitrogens is 2. The van der Waals surface area contributed by atoms with Crippen LogP contribution in [0.15, 0.2) is 36.9 Å². The van der Waals surface area contributed by atoms with E-state index in [1.165, 1.54) is 17.2 Å². The number of carbonyl (C=O) groups is 1. The summed E-state index contributed by atoms with van der Waals surface area (Å²) in [7, 11) is 2.13. The van der Waals surface area contributed by atoms with Crippen LogP contribution >= 0.6 is 0 Å². The van der Waals surface area contributed by atoms with Crippen LogP contribution in [0.25, 0.3) is 0 Å². The quantitative estimate of drug-likeness (QED) is 0.383. The number of rotatable bonds is 6. The predicted octanol–water partition coefficient (Wildman–Crippen LogP) is 2.76. The van der Waals surface area contributed by atoms with Crippen molar-refractivity contribution in [3.8, 4) is 12.1 Å². The van der Waals surface area contributed by atoms with E-state index >= 15 is 0 Å². The topological polar surface area (TPSA) is 109 Å². The normalized spacial score (nSPS) is 27.7. The van der Waals surface area contributed by atoms with Crippen molar-refractivity contribution in [1.82, 2.24) is 19.8 Å². The lowest BCUT2D eigenvalue weighted by molar-refractivity contribution is -0.128. The zero-order valence-corrected chi connectivity index (χ0v) is 24.6. The van der Waals surface area contributed by atoms with Crippen molar-refractivity contribution in [2.45, 2.75) is 61.8 Å². The number of likely N-dealkylation sites (N-methyl/N-ethyl adjacent to an activating group) is 1. The number of hydrogen-bond donors (Lipinski definition) is 0. The first kappa shape index (κ1) is 28.0. The van der Waals surface area contributed by atoms with Crippen molar-refractivity contribution < 1.29 is 14.1 Å². The summed E-state index contributed by atoms with van der Waals surface area (Å²) in [6.45, 7) is 6.86. The summed E-state index contributed by atoms with van der Waals surface area (Å²) in [6, 6.07) is 11.2. The molecule has 0 bridgehead atoms. The van der Waals surface area contributed by atoms with E-state index in [0.717, 1.165) is 49.3 Å². The summed E-state index contributed by atoms with van der Waals surface area (Å²) in [5.74, 6) is 1.94. The number of ether oxygens (including phenoxy) is 1. The lowest BCUT2D eigenvalue weighted by atomic mass is 9.68. The molecule has 0 radical (unpaired) electrons. The number of likely N-dealkylation sites (tertiary alicyclic amines) is 1. The number of carbonyl (C=O) groups excluding carboxylic acids is 1. The summed E-state index contributed by atoms with van der Waals surface area (Å²) >= 11 is -0.923. The summed E-state index contributed by atoms with van der Waals surface area (Å²) in [4.78, 5) is 28.8. The van der Waals surface area contributed by atoms with Gasteiger partial charge in [-0.05, 0) is 62.1 Å². The van der Waals surface area contributed by atoms with Crippen LogP contribution in [0.1, 0.15) is 48.1 Å². The molecule has 10 heteroatoms. The van der Waals surface area contributed by atoms with Gasteiger partial charge in [0.2, 0.25) is 5.91 Å². The zero-order valence-electron chi connectivity index (χ0n) is 23.8.